The van der Waals surface area contributed by atoms with Crippen molar-refractivity contribution in [3.63, 3.8) is 0 Å². The van der Waals surface area contributed by atoms with Crippen LogP contribution in [0.4, 0.5) is 11.5 Å². The number of anilines is 2. The zero-order valence-corrected chi connectivity index (χ0v) is 16.1. The number of benzene rings is 2. The Kier molecular flexibility index (Phi) is 5.33. The smallest absolute Gasteiger partial charge is 0.270 e. The molecule has 5 nitrogen and oxygen atoms in total. The van der Waals surface area contributed by atoms with E-state index >= 15 is 0 Å². The molecular weight excluding hydrogens is 348 g/mol. The van der Waals surface area contributed by atoms with E-state index in [2.05, 4.69) is 50.5 Å². The van der Waals surface area contributed by atoms with E-state index < -0.39 is 0 Å². The van der Waals surface area contributed by atoms with Gasteiger partial charge in [0.05, 0.1) is 0 Å². The molecule has 3 aromatic rings. The van der Waals surface area contributed by atoms with E-state index in [1.807, 2.05) is 31.2 Å². The van der Waals surface area contributed by atoms with E-state index in [1.54, 1.807) is 6.07 Å². The number of para-hydroxylation sites is 1. The molecule has 0 saturated heterocycles. The lowest BCUT2D eigenvalue weighted by Gasteiger charge is -2.19. The van der Waals surface area contributed by atoms with Crippen molar-refractivity contribution in [1.29, 1.82) is 0 Å². The van der Waals surface area contributed by atoms with Gasteiger partial charge in [0.2, 0.25) is 0 Å². The molecule has 0 radical (unpaired) electrons. The summed E-state index contributed by atoms with van der Waals surface area (Å²) in [7, 11) is 0. The van der Waals surface area contributed by atoms with Crippen LogP contribution in [0.5, 0.6) is 0 Å². The molecule has 1 amide bonds. The van der Waals surface area contributed by atoms with E-state index in [9.17, 15) is 4.79 Å². The molecule has 2 heterocycles. The number of hydrogen-bond donors (Lipinski definition) is 1. The van der Waals surface area contributed by atoms with Crippen molar-refractivity contribution in [2.75, 3.05) is 18.0 Å². The highest BCUT2D eigenvalue weighted by molar-refractivity contribution is 5.93. The summed E-state index contributed by atoms with van der Waals surface area (Å²) < 4.78 is 0. The van der Waals surface area contributed by atoms with Gasteiger partial charge >= 0.3 is 0 Å². The predicted octanol–water partition coefficient (Wildman–Crippen LogP) is 3.84. The maximum Gasteiger partial charge on any atom is 0.270 e. The van der Waals surface area contributed by atoms with Crippen molar-refractivity contribution in [2.45, 2.75) is 26.2 Å². The number of nitrogens with zero attached hydrogens (tertiary/aromatic N) is 3. The SMILES string of the molecule is Cc1nc(C(=O)NCCCc2ccccc2)cc(N2CCc3ccccc32)n1. The van der Waals surface area contributed by atoms with E-state index in [-0.39, 0.29) is 5.91 Å². The molecular formula is C23H24N4O. The standard InChI is InChI=1S/C23H24N4O/c1-17-25-20(23(28)24-14-7-10-18-8-3-2-4-9-18)16-22(26-17)27-15-13-19-11-5-6-12-21(19)27/h2-6,8-9,11-12,16H,7,10,13-15H2,1H3,(H,24,28). The first kappa shape index (κ1) is 18.2. The Labute approximate surface area is 165 Å². The third kappa shape index (κ3) is 4.03. The second-order valence-corrected chi connectivity index (χ2v) is 7.03. The van der Waals surface area contributed by atoms with Gasteiger partial charge in [-0.1, -0.05) is 48.5 Å². The Balaban J connectivity index is 1.42. The number of rotatable bonds is 6. The Bertz CT molecular complexity index is 971. The topological polar surface area (TPSA) is 58.1 Å². The van der Waals surface area contributed by atoms with Gasteiger partial charge in [-0.3, -0.25) is 4.79 Å². The number of carbonyl (C=O) groups is 1. The van der Waals surface area contributed by atoms with Gasteiger partial charge in [-0.25, -0.2) is 9.97 Å². The van der Waals surface area contributed by atoms with Crippen LogP contribution in [0, 0.1) is 6.92 Å². The van der Waals surface area contributed by atoms with Gasteiger partial charge in [0.1, 0.15) is 17.3 Å². The maximum atomic E-state index is 12.6. The largest absolute Gasteiger partial charge is 0.351 e. The minimum atomic E-state index is -0.146. The Hall–Kier alpha value is -3.21. The zero-order chi connectivity index (χ0) is 19.3. The summed E-state index contributed by atoms with van der Waals surface area (Å²) in [6.45, 7) is 3.32. The lowest BCUT2D eigenvalue weighted by molar-refractivity contribution is 0.0948. The quantitative estimate of drug-likeness (QED) is 0.668. The molecule has 0 aliphatic carbocycles. The summed E-state index contributed by atoms with van der Waals surface area (Å²) in [5.41, 5.74) is 4.18. The first-order valence-electron chi connectivity index (χ1n) is 9.74. The molecule has 28 heavy (non-hydrogen) atoms. The van der Waals surface area contributed by atoms with Gasteiger partial charge < -0.3 is 10.2 Å². The van der Waals surface area contributed by atoms with Gasteiger partial charge in [-0.2, -0.15) is 0 Å². The van der Waals surface area contributed by atoms with Crippen LogP contribution in [0.2, 0.25) is 0 Å². The molecule has 1 aliphatic heterocycles. The highest BCUT2D eigenvalue weighted by Gasteiger charge is 2.22. The molecule has 5 heteroatoms. The van der Waals surface area contributed by atoms with Crippen LogP contribution in [0.25, 0.3) is 0 Å². The molecule has 0 bridgehead atoms. The predicted molar refractivity (Wildman–Crippen MR) is 111 cm³/mol. The van der Waals surface area contributed by atoms with Gasteiger partial charge in [0.15, 0.2) is 0 Å². The van der Waals surface area contributed by atoms with Crippen molar-refractivity contribution in [2.24, 2.45) is 0 Å². The fourth-order valence-electron chi connectivity index (χ4n) is 3.61. The van der Waals surface area contributed by atoms with Crippen LogP contribution in [-0.2, 0) is 12.8 Å². The third-order valence-corrected chi connectivity index (χ3v) is 4.99. The molecule has 1 aromatic heterocycles. The normalized spacial score (nSPS) is 12.7. The minimum absolute atomic E-state index is 0.146. The second-order valence-electron chi connectivity index (χ2n) is 7.03. The zero-order valence-electron chi connectivity index (χ0n) is 16.1. The summed E-state index contributed by atoms with van der Waals surface area (Å²) in [4.78, 5) is 23.7. The van der Waals surface area contributed by atoms with Gasteiger partial charge in [-0.15, -0.1) is 0 Å². The number of aromatic nitrogens is 2. The van der Waals surface area contributed by atoms with Crippen LogP contribution < -0.4 is 10.2 Å². The summed E-state index contributed by atoms with van der Waals surface area (Å²) in [6.07, 6.45) is 2.83. The van der Waals surface area contributed by atoms with Crippen LogP contribution in [-0.4, -0.2) is 29.0 Å². The van der Waals surface area contributed by atoms with E-state index in [4.69, 9.17) is 0 Å². The Morgan fingerprint density at radius 1 is 1.07 bits per heavy atom. The number of fused-ring (bicyclic) bond motifs is 1. The molecule has 142 valence electrons. The van der Waals surface area contributed by atoms with Crippen LogP contribution in [0.1, 0.15) is 33.9 Å². The van der Waals surface area contributed by atoms with Crippen LogP contribution >= 0.6 is 0 Å². The highest BCUT2D eigenvalue weighted by Crippen LogP contribution is 2.33. The van der Waals surface area contributed by atoms with Gasteiger partial charge in [-0.05, 0) is 43.4 Å². The molecule has 4 rings (SSSR count). The molecule has 1 aliphatic rings. The number of aryl methyl sites for hydroxylation is 2. The van der Waals surface area contributed by atoms with Crippen molar-refractivity contribution in [3.8, 4) is 0 Å². The van der Waals surface area contributed by atoms with Gasteiger partial charge in [0.25, 0.3) is 5.91 Å². The van der Waals surface area contributed by atoms with E-state index in [0.717, 1.165) is 37.3 Å². The molecule has 0 saturated carbocycles. The molecule has 0 atom stereocenters. The molecule has 0 fully saturated rings. The second kappa shape index (κ2) is 8.21. The molecule has 0 unspecified atom stereocenters. The number of amides is 1. The lowest BCUT2D eigenvalue weighted by atomic mass is 10.1. The number of carbonyl (C=O) groups excluding carboxylic acids is 1. The van der Waals surface area contributed by atoms with Crippen LogP contribution in [0.15, 0.2) is 60.7 Å². The lowest BCUT2D eigenvalue weighted by Crippen LogP contribution is -2.27. The number of hydrogen-bond acceptors (Lipinski definition) is 4. The minimum Gasteiger partial charge on any atom is -0.351 e. The third-order valence-electron chi connectivity index (χ3n) is 4.99. The monoisotopic (exact) mass is 372 g/mol. The summed E-state index contributed by atoms with van der Waals surface area (Å²) >= 11 is 0. The summed E-state index contributed by atoms with van der Waals surface area (Å²) in [6, 6.07) is 20.4. The van der Waals surface area contributed by atoms with Crippen molar-refractivity contribution in [3.05, 3.63) is 83.3 Å². The highest BCUT2D eigenvalue weighted by atomic mass is 16.1. The first-order chi connectivity index (χ1) is 13.7. The average molecular weight is 372 g/mol. The molecule has 2 aromatic carbocycles. The fourth-order valence-corrected chi connectivity index (χ4v) is 3.61. The Morgan fingerprint density at radius 3 is 2.71 bits per heavy atom. The van der Waals surface area contributed by atoms with Crippen molar-refractivity contribution in [1.82, 2.24) is 15.3 Å². The van der Waals surface area contributed by atoms with E-state index in [1.165, 1.54) is 11.1 Å². The molecule has 1 N–H and O–H groups in total. The Morgan fingerprint density at radius 2 is 1.86 bits per heavy atom. The van der Waals surface area contributed by atoms with Crippen LogP contribution in [0.3, 0.4) is 0 Å². The van der Waals surface area contributed by atoms with Gasteiger partial charge in [0, 0.05) is 24.8 Å². The van der Waals surface area contributed by atoms with Crippen molar-refractivity contribution >= 4 is 17.4 Å². The number of nitrogens with one attached hydrogen (secondary N) is 1. The maximum absolute atomic E-state index is 12.6. The fraction of sp³-hybridized carbons (Fsp3) is 0.261. The average Bonchev–Trinajstić information content (AvgIpc) is 3.15. The summed E-state index contributed by atoms with van der Waals surface area (Å²) in [5, 5.41) is 2.99. The first-order valence-corrected chi connectivity index (χ1v) is 9.74. The summed E-state index contributed by atoms with van der Waals surface area (Å²) in [5.74, 6) is 1.25. The molecule has 0 spiro atoms. The van der Waals surface area contributed by atoms with Crippen molar-refractivity contribution < 1.29 is 4.79 Å². The van der Waals surface area contributed by atoms with E-state index in [0.29, 0.717) is 18.1 Å².